The molecule has 1 aromatic carbocycles. The minimum absolute atomic E-state index is 0.173. The van der Waals surface area contributed by atoms with E-state index in [-0.39, 0.29) is 25.8 Å². The van der Waals surface area contributed by atoms with Gasteiger partial charge in [0.2, 0.25) is 0 Å². The molecule has 196 valence electrons. The van der Waals surface area contributed by atoms with E-state index in [4.69, 9.17) is 14.2 Å². The number of carbonyl (C=O) groups excluding carboxylic acids is 3. The van der Waals surface area contributed by atoms with Gasteiger partial charge in [0, 0.05) is 26.2 Å². The molecule has 0 N–H and O–H groups in total. The molecular weight excluding hydrogens is 464 g/mol. The van der Waals surface area contributed by atoms with Crippen molar-refractivity contribution in [1.29, 1.82) is 0 Å². The van der Waals surface area contributed by atoms with Crippen LogP contribution in [0.4, 0.5) is 9.59 Å². The lowest BCUT2D eigenvalue weighted by molar-refractivity contribution is -0.00525. The Balaban J connectivity index is 1.71. The highest BCUT2D eigenvalue weighted by atomic mass is 16.6. The zero-order valence-electron chi connectivity index (χ0n) is 21.7. The fraction of sp³-hybridized carbons (Fsp3) is 0.538. The number of ether oxygens (including phenoxy) is 3. The van der Waals surface area contributed by atoms with Crippen LogP contribution in [0, 0.1) is 6.92 Å². The predicted octanol–water partition coefficient (Wildman–Crippen LogP) is 4.02. The number of piperazine rings is 1. The second-order valence-corrected chi connectivity index (χ2v) is 9.72. The minimum atomic E-state index is -0.649. The van der Waals surface area contributed by atoms with Gasteiger partial charge in [0.1, 0.15) is 17.9 Å². The molecule has 10 nitrogen and oxygen atoms in total. The molecule has 2 aromatic rings. The third-order valence-electron chi connectivity index (χ3n) is 5.63. The number of carbonyl (C=O) groups is 3. The summed E-state index contributed by atoms with van der Waals surface area (Å²) in [6, 6.07) is 10.8. The van der Waals surface area contributed by atoms with Crippen LogP contribution in [0.5, 0.6) is 0 Å². The monoisotopic (exact) mass is 500 g/mol. The van der Waals surface area contributed by atoms with E-state index in [1.165, 1.54) is 0 Å². The van der Waals surface area contributed by atoms with Crippen molar-refractivity contribution in [3.8, 4) is 0 Å². The summed E-state index contributed by atoms with van der Waals surface area (Å²) in [4.78, 5) is 41.4. The Hall–Kier alpha value is -3.56. The molecule has 0 saturated carbocycles. The summed E-state index contributed by atoms with van der Waals surface area (Å²) in [5.74, 6) is -0.447. The molecule has 0 aliphatic carbocycles. The lowest BCUT2D eigenvalue weighted by Gasteiger charge is -2.41. The summed E-state index contributed by atoms with van der Waals surface area (Å²) in [7, 11) is 0. The number of aryl methyl sites for hydroxylation is 2. The first kappa shape index (κ1) is 27.0. The molecule has 0 unspecified atom stereocenters. The summed E-state index contributed by atoms with van der Waals surface area (Å²) in [5.41, 5.74) is 1.30. The van der Waals surface area contributed by atoms with E-state index in [1.54, 1.807) is 34.4 Å². The van der Waals surface area contributed by atoms with E-state index >= 15 is 0 Å². The van der Waals surface area contributed by atoms with Gasteiger partial charge < -0.3 is 24.0 Å². The van der Waals surface area contributed by atoms with Gasteiger partial charge in [-0.2, -0.15) is 5.10 Å². The van der Waals surface area contributed by atoms with Gasteiger partial charge in [-0.1, -0.05) is 30.3 Å². The molecule has 2 amide bonds. The lowest BCUT2D eigenvalue weighted by Crippen LogP contribution is -2.57. The van der Waals surface area contributed by atoms with Crippen molar-refractivity contribution in [3.05, 3.63) is 53.3 Å². The van der Waals surface area contributed by atoms with E-state index in [0.29, 0.717) is 37.4 Å². The fourth-order valence-electron chi connectivity index (χ4n) is 4.00. The molecule has 0 bridgehead atoms. The van der Waals surface area contributed by atoms with Crippen LogP contribution in [0.15, 0.2) is 36.4 Å². The van der Waals surface area contributed by atoms with Crippen LogP contribution in [-0.2, 0) is 27.4 Å². The Morgan fingerprint density at radius 3 is 2.44 bits per heavy atom. The zero-order valence-corrected chi connectivity index (χ0v) is 21.7. The highest BCUT2D eigenvalue weighted by molar-refractivity contribution is 5.87. The van der Waals surface area contributed by atoms with Crippen LogP contribution in [0.1, 0.15) is 55.9 Å². The van der Waals surface area contributed by atoms with Gasteiger partial charge in [0.05, 0.1) is 18.3 Å². The van der Waals surface area contributed by atoms with E-state index < -0.39 is 23.8 Å². The maximum absolute atomic E-state index is 13.0. The maximum atomic E-state index is 13.0. The molecule has 1 aliphatic rings. The smallest absolute Gasteiger partial charge is 0.410 e. The van der Waals surface area contributed by atoms with Gasteiger partial charge in [0.25, 0.3) is 0 Å². The number of benzene rings is 1. The van der Waals surface area contributed by atoms with Crippen molar-refractivity contribution in [2.45, 2.75) is 65.8 Å². The molecule has 3 rings (SSSR count). The first-order valence-electron chi connectivity index (χ1n) is 12.2. The van der Waals surface area contributed by atoms with E-state index in [1.807, 2.05) is 51.1 Å². The molecule has 10 heteroatoms. The first-order chi connectivity index (χ1) is 17.1. The minimum Gasteiger partial charge on any atom is -0.461 e. The number of rotatable bonds is 7. The molecule has 2 heterocycles. The second-order valence-electron chi connectivity index (χ2n) is 9.72. The molecule has 1 atom stereocenters. The summed E-state index contributed by atoms with van der Waals surface area (Å²) >= 11 is 0. The fourth-order valence-corrected chi connectivity index (χ4v) is 4.00. The number of aromatic nitrogens is 2. The largest absolute Gasteiger partial charge is 0.461 e. The van der Waals surface area contributed by atoms with Crippen LogP contribution in [0.25, 0.3) is 0 Å². The van der Waals surface area contributed by atoms with Crippen LogP contribution < -0.4 is 0 Å². The highest BCUT2D eigenvalue weighted by Gasteiger charge is 2.35. The maximum Gasteiger partial charge on any atom is 0.410 e. The number of hydrogen-bond acceptors (Lipinski definition) is 7. The zero-order chi connectivity index (χ0) is 26.3. The van der Waals surface area contributed by atoms with Crippen LogP contribution >= 0.6 is 0 Å². The molecule has 36 heavy (non-hydrogen) atoms. The topological polar surface area (TPSA) is 103 Å². The summed E-state index contributed by atoms with van der Waals surface area (Å²) in [6.07, 6.45) is -0.420. The normalized spacial score (nSPS) is 16.0. The highest BCUT2D eigenvalue weighted by Crippen LogP contribution is 2.20. The number of nitrogens with zero attached hydrogens (tertiary/aromatic N) is 4. The van der Waals surface area contributed by atoms with Crippen molar-refractivity contribution in [3.63, 3.8) is 0 Å². The predicted molar refractivity (Wildman–Crippen MR) is 132 cm³/mol. The first-order valence-corrected chi connectivity index (χ1v) is 12.2. The molecule has 1 saturated heterocycles. The molecule has 0 radical (unpaired) electrons. The average Bonchev–Trinajstić information content (AvgIpc) is 3.21. The van der Waals surface area contributed by atoms with Crippen molar-refractivity contribution >= 4 is 18.2 Å². The van der Waals surface area contributed by atoms with Gasteiger partial charge in [0.15, 0.2) is 0 Å². The van der Waals surface area contributed by atoms with Crippen molar-refractivity contribution in [1.82, 2.24) is 19.6 Å². The van der Waals surface area contributed by atoms with Gasteiger partial charge in [-0.05, 0) is 52.7 Å². The van der Waals surface area contributed by atoms with Gasteiger partial charge in [-0.3, -0.25) is 4.68 Å². The van der Waals surface area contributed by atoms with Crippen molar-refractivity contribution in [2.75, 3.05) is 26.2 Å². The van der Waals surface area contributed by atoms with E-state index in [9.17, 15) is 14.4 Å². The van der Waals surface area contributed by atoms with Gasteiger partial charge in [-0.25, -0.2) is 14.4 Å². The Morgan fingerprint density at radius 1 is 1.06 bits per heavy atom. The van der Waals surface area contributed by atoms with E-state index in [0.717, 1.165) is 5.56 Å². The molecular formula is C26H36N4O6. The number of esters is 1. The van der Waals surface area contributed by atoms with E-state index in [2.05, 4.69) is 5.10 Å². The number of hydrogen-bond donors (Lipinski definition) is 0. The Kier molecular flexibility index (Phi) is 8.95. The molecule has 1 aromatic heterocycles. The standard InChI is InChI=1S/C26H36N4O6/c1-6-34-23(31)22-16-19(2)27-30(22)13-12-21-17-28(14-15-29(21)25(33)36-26(3,4)5)24(32)35-18-20-10-8-7-9-11-20/h7-11,16,21H,6,12-15,17-18H2,1-5H3/t21-/m1/s1. The third-order valence-corrected chi connectivity index (χ3v) is 5.63. The third kappa shape index (κ3) is 7.47. The van der Waals surface area contributed by atoms with Crippen molar-refractivity contribution in [2.24, 2.45) is 0 Å². The second kappa shape index (κ2) is 11.9. The summed E-state index contributed by atoms with van der Waals surface area (Å²) in [6.45, 7) is 10.7. The summed E-state index contributed by atoms with van der Waals surface area (Å²) in [5, 5.41) is 4.42. The molecule has 0 spiro atoms. The van der Waals surface area contributed by atoms with Crippen LogP contribution in [0.2, 0.25) is 0 Å². The summed E-state index contributed by atoms with van der Waals surface area (Å²) < 4.78 is 17.9. The van der Waals surface area contributed by atoms with Crippen LogP contribution in [0.3, 0.4) is 0 Å². The molecule has 1 aliphatic heterocycles. The molecule has 1 fully saturated rings. The van der Waals surface area contributed by atoms with Gasteiger partial charge in [-0.15, -0.1) is 0 Å². The Labute approximate surface area is 212 Å². The average molecular weight is 501 g/mol. The lowest BCUT2D eigenvalue weighted by atomic mass is 10.1. The number of amides is 2. The quantitative estimate of drug-likeness (QED) is 0.418. The van der Waals surface area contributed by atoms with Crippen molar-refractivity contribution < 1.29 is 28.6 Å². The SMILES string of the molecule is CCOC(=O)c1cc(C)nn1CC[C@@H]1CN(C(=O)OCc2ccccc2)CCN1C(=O)OC(C)(C)C. The Morgan fingerprint density at radius 2 is 1.78 bits per heavy atom. The van der Waals surface area contributed by atoms with Gasteiger partial charge >= 0.3 is 18.2 Å². The Bertz CT molecular complexity index is 1050. The van der Waals surface area contributed by atoms with Crippen LogP contribution in [-0.4, -0.2) is 75.6 Å².